The van der Waals surface area contributed by atoms with Crippen LogP contribution in [0.2, 0.25) is 0 Å². The van der Waals surface area contributed by atoms with Crippen molar-refractivity contribution in [2.24, 2.45) is 0 Å². The third kappa shape index (κ3) is 2.62. The molecule has 0 fully saturated rings. The zero-order valence-corrected chi connectivity index (χ0v) is 6.18. The van der Waals surface area contributed by atoms with Gasteiger partial charge in [-0.25, -0.2) is 0 Å². The molecule has 5 heteroatoms. The molecule has 1 aromatic rings. The third-order valence-electron chi connectivity index (χ3n) is 1.02. The predicted molar refractivity (Wildman–Crippen MR) is 43.8 cm³/mol. The van der Waals surface area contributed by atoms with Gasteiger partial charge < -0.3 is 14.5 Å². The van der Waals surface area contributed by atoms with Crippen molar-refractivity contribution in [1.82, 2.24) is 0 Å². The maximum atomic E-state index is 9.99. The van der Waals surface area contributed by atoms with E-state index in [2.05, 4.69) is 17.3 Å². The fraction of sp³-hybridized carbons (Fsp3) is 0. The SMILES string of the molecule is C#C.O=Cc1ccc(B(O)O)o1. The Balaban J connectivity index is 0.000000561. The van der Waals surface area contributed by atoms with Crippen LogP contribution in [-0.2, 0) is 0 Å². The van der Waals surface area contributed by atoms with E-state index >= 15 is 0 Å². The van der Waals surface area contributed by atoms with Crippen LogP contribution in [0.3, 0.4) is 0 Å². The van der Waals surface area contributed by atoms with E-state index in [1.807, 2.05) is 0 Å². The summed E-state index contributed by atoms with van der Waals surface area (Å²) >= 11 is 0. The number of hydrogen-bond acceptors (Lipinski definition) is 4. The van der Waals surface area contributed by atoms with Gasteiger partial charge in [0.1, 0.15) is 5.66 Å². The van der Waals surface area contributed by atoms with Gasteiger partial charge in [0.2, 0.25) is 0 Å². The molecule has 0 spiro atoms. The Bertz CT molecular complexity index is 263. The topological polar surface area (TPSA) is 70.7 Å². The van der Waals surface area contributed by atoms with E-state index in [0.29, 0.717) is 6.29 Å². The van der Waals surface area contributed by atoms with Crippen LogP contribution in [-0.4, -0.2) is 23.5 Å². The van der Waals surface area contributed by atoms with Gasteiger partial charge in [0.15, 0.2) is 12.0 Å². The predicted octanol–water partition coefficient (Wildman–Crippen LogP) is -0.979. The molecule has 1 aromatic heterocycles. The molecule has 0 amide bonds. The number of rotatable bonds is 2. The molecule has 0 atom stereocenters. The van der Waals surface area contributed by atoms with E-state index in [1.165, 1.54) is 12.1 Å². The van der Waals surface area contributed by atoms with Crippen molar-refractivity contribution < 1.29 is 19.3 Å². The van der Waals surface area contributed by atoms with Crippen LogP contribution < -0.4 is 5.66 Å². The lowest BCUT2D eigenvalue weighted by molar-refractivity contribution is 0.110. The number of terminal acetylenes is 1. The summed E-state index contributed by atoms with van der Waals surface area (Å²) in [5.74, 6) is 0.0862. The van der Waals surface area contributed by atoms with E-state index in [0.717, 1.165) is 0 Å². The van der Waals surface area contributed by atoms with Gasteiger partial charge in [-0.3, -0.25) is 4.79 Å². The molecule has 0 aliphatic rings. The number of aldehydes is 1. The Labute approximate surface area is 70.0 Å². The van der Waals surface area contributed by atoms with Crippen LogP contribution in [0.5, 0.6) is 0 Å². The lowest BCUT2D eigenvalue weighted by Crippen LogP contribution is -2.27. The Kier molecular flexibility index (Phi) is 4.54. The van der Waals surface area contributed by atoms with Gasteiger partial charge in [-0.2, -0.15) is 0 Å². The van der Waals surface area contributed by atoms with Gasteiger partial charge in [-0.1, -0.05) is 0 Å². The highest BCUT2D eigenvalue weighted by Gasteiger charge is 2.15. The second-order valence-electron chi connectivity index (χ2n) is 1.73. The molecule has 62 valence electrons. The van der Waals surface area contributed by atoms with Gasteiger partial charge in [-0.05, 0) is 12.1 Å². The first-order valence-corrected chi connectivity index (χ1v) is 2.98. The van der Waals surface area contributed by atoms with Crippen molar-refractivity contribution in [2.45, 2.75) is 0 Å². The molecule has 1 rings (SSSR count). The van der Waals surface area contributed by atoms with Gasteiger partial charge in [0.05, 0.1) is 0 Å². The standard InChI is InChI=1S/C5H5BO4.C2H2/c7-3-4-1-2-5(10-4)6(8)9;1-2/h1-3,8-9H;1-2H. The first kappa shape index (κ1) is 10.5. The van der Waals surface area contributed by atoms with Crippen LogP contribution in [0.1, 0.15) is 10.6 Å². The Hall–Kier alpha value is -1.51. The first-order valence-electron chi connectivity index (χ1n) is 2.98. The highest BCUT2D eigenvalue weighted by molar-refractivity contribution is 6.57. The van der Waals surface area contributed by atoms with E-state index in [9.17, 15) is 4.79 Å². The molecule has 0 saturated carbocycles. The summed E-state index contributed by atoms with van der Waals surface area (Å²) in [4.78, 5) is 9.99. The van der Waals surface area contributed by atoms with Crippen molar-refractivity contribution in [3.05, 3.63) is 17.9 Å². The summed E-state index contributed by atoms with van der Waals surface area (Å²) in [6, 6.07) is 2.69. The molecule has 1 heterocycles. The highest BCUT2D eigenvalue weighted by atomic mass is 16.4. The lowest BCUT2D eigenvalue weighted by atomic mass is 9.88. The quantitative estimate of drug-likeness (QED) is 0.336. The molecule has 0 aromatic carbocycles. The van der Waals surface area contributed by atoms with Crippen molar-refractivity contribution in [3.8, 4) is 12.8 Å². The van der Waals surface area contributed by atoms with Crippen molar-refractivity contribution in [2.75, 3.05) is 0 Å². The molecule has 12 heavy (non-hydrogen) atoms. The highest BCUT2D eigenvalue weighted by Crippen LogP contribution is 1.93. The largest absolute Gasteiger partial charge is 0.526 e. The summed E-state index contributed by atoms with van der Waals surface area (Å²) in [6.45, 7) is 0. The van der Waals surface area contributed by atoms with Crippen molar-refractivity contribution >= 4 is 19.1 Å². The van der Waals surface area contributed by atoms with E-state index in [4.69, 9.17) is 10.0 Å². The summed E-state index contributed by atoms with van der Waals surface area (Å²) in [5.41, 5.74) is -0.0258. The monoisotopic (exact) mass is 166 g/mol. The second-order valence-corrected chi connectivity index (χ2v) is 1.73. The zero-order chi connectivity index (χ0) is 9.56. The number of furan rings is 1. The molecular weight excluding hydrogens is 159 g/mol. The molecule has 0 aliphatic heterocycles. The van der Waals surface area contributed by atoms with E-state index in [1.54, 1.807) is 0 Å². The third-order valence-corrected chi connectivity index (χ3v) is 1.02. The van der Waals surface area contributed by atoms with Crippen LogP contribution >= 0.6 is 0 Å². The fourth-order valence-corrected chi connectivity index (χ4v) is 0.571. The minimum absolute atomic E-state index is 0.0258. The zero-order valence-electron chi connectivity index (χ0n) is 6.18. The van der Waals surface area contributed by atoms with E-state index in [-0.39, 0.29) is 11.4 Å². The molecule has 0 saturated heterocycles. The van der Waals surface area contributed by atoms with Crippen molar-refractivity contribution in [3.63, 3.8) is 0 Å². The van der Waals surface area contributed by atoms with Gasteiger partial charge in [-0.15, -0.1) is 12.8 Å². The lowest BCUT2D eigenvalue weighted by Gasteiger charge is -1.88. The number of carbonyl (C=O) groups excluding carboxylic acids is 1. The van der Waals surface area contributed by atoms with Crippen LogP contribution in [0.15, 0.2) is 16.5 Å². The number of hydrogen-bond donors (Lipinski definition) is 2. The molecule has 2 N–H and O–H groups in total. The Morgan fingerprint density at radius 2 is 2.00 bits per heavy atom. The Morgan fingerprint density at radius 1 is 1.42 bits per heavy atom. The molecule has 0 unspecified atom stereocenters. The van der Waals surface area contributed by atoms with Gasteiger partial charge in [0, 0.05) is 0 Å². The molecule has 0 radical (unpaired) electrons. The van der Waals surface area contributed by atoms with Crippen LogP contribution in [0.4, 0.5) is 0 Å². The van der Waals surface area contributed by atoms with E-state index < -0.39 is 7.12 Å². The Morgan fingerprint density at radius 3 is 2.25 bits per heavy atom. The minimum Gasteiger partial charge on any atom is -0.462 e. The molecular formula is C7H7BO4. The average Bonchev–Trinajstić information content (AvgIpc) is 2.55. The van der Waals surface area contributed by atoms with Crippen molar-refractivity contribution in [1.29, 1.82) is 0 Å². The summed E-state index contributed by atoms with van der Waals surface area (Å²) in [7, 11) is -1.64. The van der Waals surface area contributed by atoms with Gasteiger partial charge in [0.25, 0.3) is 0 Å². The first-order chi connectivity index (χ1) is 5.74. The van der Waals surface area contributed by atoms with Crippen LogP contribution in [0.25, 0.3) is 0 Å². The van der Waals surface area contributed by atoms with Crippen LogP contribution in [0, 0.1) is 12.8 Å². The molecule has 4 nitrogen and oxygen atoms in total. The minimum atomic E-state index is -1.64. The maximum absolute atomic E-state index is 9.99. The average molecular weight is 166 g/mol. The summed E-state index contributed by atoms with van der Waals surface area (Å²) in [6.07, 6.45) is 8.49. The number of carbonyl (C=O) groups is 1. The molecule has 0 aliphatic carbocycles. The smallest absolute Gasteiger partial charge is 0.462 e. The summed E-state index contributed by atoms with van der Waals surface area (Å²) < 4.78 is 4.63. The maximum Gasteiger partial charge on any atom is 0.526 e. The van der Waals surface area contributed by atoms with Gasteiger partial charge >= 0.3 is 7.12 Å². The molecule has 0 bridgehead atoms. The second kappa shape index (κ2) is 5.19. The summed E-state index contributed by atoms with van der Waals surface area (Å²) in [5, 5.41) is 17.0. The fourth-order valence-electron chi connectivity index (χ4n) is 0.571. The normalized spacial score (nSPS) is 8.00.